The Morgan fingerprint density at radius 1 is 1.05 bits per heavy atom. The molecule has 1 N–H and O–H groups in total. The van der Waals surface area contributed by atoms with Gasteiger partial charge in [0.15, 0.2) is 0 Å². The van der Waals surface area contributed by atoms with E-state index in [0.29, 0.717) is 18.7 Å². The molecule has 2 aromatic rings. The van der Waals surface area contributed by atoms with E-state index in [0.717, 1.165) is 10.8 Å². The Kier molecular flexibility index (Phi) is 2.71. The minimum Gasteiger partial charge on any atom is -0.481 e. The maximum absolute atomic E-state index is 12.3. The van der Waals surface area contributed by atoms with Gasteiger partial charge in [-0.1, -0.05) is 36.4 Å². The lowest BCUT2D eigenvalue weighted by Gasteiger charge is -2.36. The summed E-state index contributed by atoms with van der Waals surface area (Å²) in [7, 11) is 0. The minimum atomic E-state index is -0.832. The molecule has 2 aromatic carbocycles. The lowest BCUT2D eigenvalue weighted by molar-refractivity contribution is -0.146. The van der Waals surface area contributed by atoms with Crippen LogP contribution in [-0.2, 0) is 4.79 Å². The highest BCUT2D eigenvalue weighted by Crippen LogP contribution is 2.24. The number of carbonyl (C=O) groups excluding carboxylic acids is 1. The SMILES string of the molecule is O=C(O)C1CN(C(=O)c2cccc3ccccc23)C1. The molecular formula is C15H13NO3. The molecule has 1 saturated heterocycles. The van der Waals surface area contributed by atoms with Crippen LogP contribution in [0.1, 0.15) is 10.4 Å². The number of amides is 1. The fraction of sp³-hybridized carbons (Fsp3) is 0.200. The molecule has 1 aliphatic heterocycles. The molecule has 0 spiro atoms. The highest BCUT2D eigenvalue weighted by atomic mass is 16.4. The Morgan fingerprint density at radius 2 is 1.74 bits per heavy atom. The molecule has 4 heteroatoms. The molecular weight excluding hydrogens is 242 g/mol. The van der Waals surface area contributed by atoms with E-state index in [9.17, 15) is 9.59 Å². The third-order valence-corrected chi connectivity index (χ3v) is 3.54. The fourth-order valence-electron chi connectivity index (χ4n) is 2.38. The summed E-state index contributed by atoms with van der Waals surface area (Å²) in [5.74, 6) is -1.34. The van der Waals surface area contributed by atoms with Crippen LogP contribution in [0.3, 0.4) is 0 Å². The van der Waals surface area contributed by atoms with E-state index in [2.05, 4.69) is 0 Å². The number of hydrogen-bond donors (Lipinski definition) is 1. The van der Waals surface area contributed by atoms with E-state index < -0.39 is 11.9 Å². The van der Waals surface area contributed by atoms with Crippen LogP contribution in [0.25, 0.3) is 10.8 Å². The van der Waals surface area contributed by atoms with Gasteiger partial charge in [0.2, 0.25) is 0 Å². The average Bonchev–Trinajstić information content (AvgIpc) is 2.35. The lowest BCUT2D eigenvalue weighted by atomic mass is 9.97. The Bertz CT molecular complexity index is 654. The minimum absolute atomic E-state index is 0.0886. The van der Waals surface area contributed by atoms with E-state index in [1.165, 1.54) is 0 Å². The number of nitrogens with zero attached hydrogens (tertiary/aromatic N) is 1. The third kappa shape index (κ3) is 1.95. The van der Waals surface area contributed by atoms with Gasteiger partial charge < -0.3 is 10.0 Å². The summed E-state index contributed by atoms with van der Waals surface area (Å²) in [6.45, 7) is 0.606. The van der Waals surface area contributed by atoms with Crippen molar-refractivity contribution in [2.75, 3.05) is 13.1 Å². The maximum Gasteiger partial charge on any atom is 0.310 e. The second kappa shape index (κ2) is 4.39. The first-order chi connectivity index (χ1) is 9.16. The van der Waals surface area contributed by atoms with Gasteiger partial charge in [0.25, 0.3) is 5.91 Å². The van der Waals surface area contributed by atoms with Crippen LogP contribution in [0, 0.1) is 5.92 Å². The van der Waals surface area contributed by atoms with Crippen molar-refractivity contribution in [3.8, 4) is 0 Å². The van der Waals surface area contributed by atoms with Crippen molar-refractivity contribution in [2.24, 2.45) is 5.92 Å². The summed E-state index contributed by atoms with van der Waals surface area (Å²) in [6.07, 6.45) is 0. The van der Waals surface area contributed by atoms with Crippen LogP contribution in [0.15, 0.2) is 42.5 Å². The molecule has 19 heavy (non-hydrogen) atoms. The van der Waals surface area contributed by atoms with Crippen LogP contribution >= 0.6 is 0 Å². The van der Waals surface area contributed by atoms with Crippen LogP contribution in [0.2, 0.25) is 0 Å². The van der Waals surface area contributed by atoms with Gasteiger partial charge in [-0.3, -0.25) is 9.59 Å². The van der Waals surface area contributed by atoms with Crippen molar-refractivity contribution in [1.82, 2.24) is 4.90 Å². The first kappa shape index (κ1) is 11.7. The van der Waals surface area contributed by atoms with Gasteiger partial charge in [-0.2, -0.15) is 0 Å². The molecule has 0 bridgehead atoms. The predicted octanol–water partition coefficient (Wildman–Crippen LogP) is 2.00. The topological polar surface area (TPSA) is 57.6 Å². The van der Waals surface area contributed by atoms with Crippen molar-refractivity contribution < 1.29 is 14.7 Å². The molecule has 1 aliphatic rings. The molecule has 1 fully saturated rings. The Hall–Kier alpha value is -2.36. The van der Waals surface area contributed by atoms with Gasteiger partial charge in [0.1, 0.15) is 0 Å². The molecule has 1 heterocycles. The highest BCUT2D eigenvalue weighted by molar-refractivity contribution is 6.07. The number of carbonyl (C=O) groups is 2. The van der Waals surface area contributed by atoms with Gasteiger partial charge in [0.05, 0.1) is 5.92 Å². The molecule has 0 radical (unpaired) electrons. The summed E-state index contributed by atoms with van der Waals surface area (Å²) >= 11 is 0. The number of hydrogen-bond acceptors (Lipinski definition) is 2. The molecule has 0 aliphatic carbocycles. The average molecular weight is 255 g/mol. The van der Waals surface area contributed by atoms with E-state index in [-0.39, 0.29) is 5.91 Å². The second-order valence-corrected chi connectivity index (χ2v) is 4.77. The van der Waals surface area contributed by atoms with E-state index in [1.54, 1.807) is 11.0 Å². The van der Waals surface area contributed by atoms with Gasteiger partial charge in [-0.25, -0.2) is 0 Å². The van der Waals surface area contributed by atoms with Crippen LogP contribution in [-0.4, -0.2) is 35.0 Å². The molecule has 4 nitrogen and oxygen atoms in total. The largest absolute Gasteiger partial charge is 0.481 e. The molecule has 96 valence electrons. The number of rotatable bonds is 2. The zero-order chi connectivity index (χ0) is 13.4. The summed E-state index contributed by atoms with van der Waals surface area (Å²) in [4.78, 5) is 24.7. The van der Waals surface area contributed by atoms with Gasteiger partial charge >= 0.3 is 5.97 Å². The number of fused-ring (bicyclic) bond motifs is 1. The molecule has 3 rings (SSSR count). The molecule has 0 atom stereocenters. The van der Waals surface area contributed by atoms with Crippen LogP contribution < -0.4 is 0 Å². The van der Waals surface area contributed by atoms with E-state index >= 15 is 0 Å². The predicted molar refractivity (Wildman–Crippen MR) is 71.0 cm³/mol. The Morgan fingerprint density at radius 3 is 2.47 bits per heavy atom. The Labute approximate surface area is 110 Å². The molecule has 0 saturated carbocycles. The van der Waals surface area contributed by atoms with E-state index in [4.69, 9.17) is 5.11 Å². The van der Waals surface area contributed by atoms with Crippen molar-refractivity contribution in [1.29, 1.82) is 0 Å². The van der Waals surface area contributed by atoms with Gasteiger partial charge in [-0.05, 0) is 16.8 Å². The van der Waals surface area contributed by atoms with Crippen molar-refractivity contribution in [2.45, 2.75) is 0 Å². The summed E-state index contributed by atoms with van der Waals surface area (Å²) in [5, 5.41) is 10.8. The first-order valence-corrected chi connectivity index (χ1v) is 6.16. The molecule has 0 unspecified atom stereocenters. The summed E-state index contributed by atoms with van der Waals surface area (Å²) < 4.78 is 0. The number of carboxylic acid groups (broad SMARTS) is 1. The number of likely N-dealkylation sites (tertiary alicyclic amines) is 1. The number of carboxylic acids is 1. The van der Waals surface area contributed by atoms with Crippen molar-refractivity contribution >= 4 is 22.6 Å². The van der Waals surface area contributed by atoms with Crippen molar-refractivity contribution in [3.05, 3.63) is 48.0 Å². The highest BCUT2D eigenvalue weighted by Gasteiger charge is 2.36. The van der Waals surface area contributed by atoms with E-state index in [1.807, 2.05) is 36.4 Å². The zero-order valence-electron chi connectivity index (χ0n) is 10.2. The molecule has 0 aromatic heterocycles. The monoisotopic (exact) mass is 255 g/mol. The lowest BCUT2D eigenvalue weighted by Crippen LogP contribution is -2.53. The standard InChI is InChI=1S/C15H13NO3/c17-14(16-8-11(9-16)15(18)19)13-7-3-5-10-4-1-2-6-12(10)13/h1-7,11H,8-9H2,(H,18,19). The fourth-order valence-corrected chi connectivity index (χ4v) is 2.38. The smallest absolute Gasteiger partial charge is 0.310 e. The third-order valence-electron chi connectivity index (χ3n) is 3.54. The number of aliphatic carboxylic acids is 1. The van der Waals surface area contributed by atoms with Crippen molar-refractivity contribution in [3.63, 3.8) is 0 Å². The summed E-state index contributed by atoms with van der Waals surface area (Å²) in [6, 6.07) is 13.3. The zero-order valence-corrected chi connectivity index (χ0v) is 10.2. The van der Waals surface area contributed by atoms with Crippen LogP contribution in [0.4, 0.5) is 0 Å². The number of benzene rings is 2. The van der Waals surface area contributed by atoms with Gasteiger partial charge in [0, 0.05) is 18.7 Å². The normalized spacial score (nSPS) is 15.3. The second-order valence-electron chi connectivity index (χ2n) is 4.77. The van der Waals surface area contributed by atoms with Crippen LogP contribution in [0.5, 0.6) is 0 Å². The molecule has 1 amide bonds. The Balaban J connectivity index is 1.89. The van der Waals surface area contributed by atoms with Gasteiger partial charge in [-0.15, -0.1) is 0 Å². The summed E-state index contributed by atoms with van der Waals surface area (Å²) in [5.41, 5.74) is 0.641. The first-order valence-electron chi connectivity index (χ1n) is 6.16. The maximum atomic E-state index is 12.3. The quantitative estimate of drug-likeness (QED) is 0.892.